The van der Waals surface area contributed by atoms with Crippen LogP contribution in [0.25, 0.3) is 0 Å². The Labute approximate surface area is 165 Å². The highest BCUT2D eigenvalue weighted by atomic mass is 19.1. The Kier molecular flexibility index (Phi) is 6.23. The quantitative estimate of drug-likeness (QED) is 0.860. The van der Waals surface area contributed by atoms with Crippen molar-refractivity contribution in [2.45, 2.75) is 45.7 Å². The highest BCUT2D eigenvalue weighted by molar-refractivity contribution is 5.78. The molecule has 7 heteroatoms. The minimum absolute atomic E-state index is 0.0104. The molecule has 1 N–H and O–H groups in total. The zero-order chi connectivity index (χ0) is 20.4. The summed E-state index contributed by atoms with van der Waals surface area (Å²) in [6, 6.07) is 4.58. The Morgan fingerprint density at radius 2 is 1.82 bits per heavy atom. The molecule has 2 aliphatic rings. The number of piperidine rings is 1. The molecular weight excluding hydrogens is 361 g/mol. The van der Waals surface area contributed by atoms with E-state index < -0.39 is 6.09 Å². The third-order valence-electron chi connectivity index (χ3n) is 6.05. The molecule has 0 saturated carbocycles. The molecule has 0 spiro atoms. The van der Waals surface area contributed by atoms with Gasteiger partial charge in [-0.1, -0.05) is 19.9 Å². The van der Waals surface area contributed by atoms with E-state index in [1.807, 2.05) is 25.7 Å². The number of hydrogen-bond acceptors (Lipinski definition) is 3. The molecule has 28 heavy (non-hydrogen) atoms. The molecule has 2 fully saturated rings. The molecule has 2 amide bonds. The van der Waals surface area contributed by atoms with Crippen LogP contribution in [0.4, 0.5) is 9.18 Å². The maximum atomic E-state index is 13.5. The fraction of sp³-hybridized carbons (Fsp3) is 0.619. The lowest BCUT2D eigenvalue weighted by Crippen LogP contribution is -2.55. The topological polar surface area (TPSA) is 64.1 Å². The zero-order valence-electron chi connectivity index (χ0n) is 16.9. The van der Waals surface area contributed by atoms with E-state index in [1.54, 1.807) is 6.07 Å². The van der Waals surface area contributed by atoms with Crippen molar-refractivity contribution in [3.8, 4) is 0 Å². The Bertz CT molecular complexity index is 732. The summed E-state index contributed by atoms with van der Waals surface area (Å²) < 4.78 is 13.5. The fourth-order valence-electron chi connectivity index (χ4n) is 4.49. The maximum Gasteiger partial charge on any atom is 0.407 e. The van der Waals surface area contributed by atoms with E-state index in [1.165, 1.54) is 17.0 Å². The maximum absolute atomic E-state index is 13.5. The minimum atomic E-state index is -0.931. The number of carbonyl (C=O) groups excluding carboxylic acids is 1. The van der Waals surface area contributed by atoms with Crippen LogP contribution in [0.2, 0.25) is 0 Å². The van der Waals surface area contributed by atoms with Crippen LogP contribution < -0.4 is 0 Å². The van der Waals surface area contributed by atoms with Crippen molar-refractivity contribution < 1.29 is 19.1 Å². The van der Waals surface area contributed by atoms with Gasteiger partial charge in [-0.2, -0.15) is 0 Å². The Hall–Kier alpha value is -2.15. The number of hydrogen-bond donors (Lipinski definition) is 1. The smallest absolute Gasteiger partial charge is 0.407 e. The van der Waals surface area contributed by atoms with Crippen molar-refractivity contribution in [1.29, 1.82) is 0 Å². The van der Waals surface area contributed by atoms with Crippen LogP contribution in [0.15, 0.2) is 18.2 Å². The Morgan fingerprint density at radius 1 is 1.14 bits per heavy atom. The number of rotatable bonds is 3. The van der Waals surface area contributed by atoms with E-state index in [-0.39, 0.29) is 29.7 Å². The van der Waals surface area contributed by atoms with Crippen molar-refractivity contribution in [3.05, 3.63) is 35.1 Å². The van der Waals surface area contributed by atoms with Crippen LogP contribution in [-0.2, 0) is 4.79 Å². The number of likely N-dealkylation sites (tertiary alicyclic amines) is 1. The monoisotopic (exact) mass is 391 g/mol. The summed E-state index contributed by atoms with van der Waals surface area (Å²) >= 11 is 0. The first-order valence-corrected chi connectivity index (χ1v) is 10.1. The summed E-state index contributed by atoms with van der Waals surface area (Å²) in [4.78, 5) is 29.8. The van der Waals surface area contributed by atoms with Crippen LogP contribution in [0, 0.1) is 18.7 Å². The lowest BCUT2D eigenvalue weighted by atomic mass is 9.88. The van der Waals surface area contributed by atoms with Crippen LogP contribution in [0.1, 0.15) is 43.9 Å². The number of piperazine rings is 1. The molecule has 1 aromatic rings. The highest BCUT2D eigenvalue weighted by Crippen LogP contribution is 2.35. The molecule has 0 bridgehead atoms. The number of aryl methyl sites for hydroxylation is 1. The lowest BCUT2D eigenvalue weighted by molar-refractivity contribution is -0.136. The second kappa shape index (κ2) is 8.47. The molecule has 2 aliphatic heterocycles. The number of amides is 2. The number of benzene rings is 1. The number of carboxylic acid groups (broad SMARTS) is 1. The number of carbonyl (C=O) groups is 2. The van der Waals surface area contributed by atoms with Gasteiger partial charge in [0.1, 0.15) is 5.82 Å². The van der Waals surface area contributed by atoms with Crippen molar-refractivity contribution >= 4 is 12.0 Å². The minimum Gasteiger partial charge on any atom is -0.465 e. The predicted octanol–water partition coefficient (Wildman–Crippen LogP) is 3.12. The first-order valence-electron chi connectivity index (χ1n) is 10.1. The SMILES string of the molecule is Cc1cc(F)ccc1[C@H]1C[C@@H](N2CCN(C(=O)C(C)C)CC2)CCN1C(=O)O. The van der Waals surface area contributed by atoms with E-state index in [9.17, 15) is 19.1 Å². The standard InChI is InChI=1S/C21H30FN3O3/c1-14(2)20(26)24-10-8-23(9-11-24)17-6-7-25(21(27)28)19(13-17)18-5-4-16(22)12-15(18)3/h4-5,12,14,17,19H,6-11,13H2,1-3H3,(H,27,28)/t17-,19+/m0/s1. The fourth-order valence-corrected chi connectivity index (χ4v) is 4.49. The third kappa shape index (κ3) is 4.29. The summed E-state index contributed by atoms with van der Waals surface area (Å²) in [6.07, 6.45) is 0.539. The first-order chi connectivity index (χ1) is 13.3. The second-order valence-corrected chi connectivity index (χ2v) is 8.19. The van der Waals surface area contributed by atoms with Gasteiger partial charge in [-0.05, 0) is 43.0 Å². The van der Waals surface area contributed by atoms with Crippen LogP contribution in [0.5, 0.6) is 0 Å². The summed E-state index contributed by atoms with van der Waals surface area (Å²) in [7, 11) is 0. The summed E-state index contributed by atoms with van der Waals surface area (Å²) in [6.45, 7) is 9.20. The van der Waals surface area contributed by atoms with Gasteiger partial charge in [-0.25, -0.2) is 9.18 Å². The van der Waals surface area contributed by atoms with E-state index >= 15 is 0 Å². The van der Waals surface area contributed by atoms with Gasteiger partial charge < -0.3 is 14.9 Å². The van der Waals surface area contributed by atoms with Crippen molar-refractivity contribution in [3.63, 3.8) is 0 Å². The first kappa shape index (κ1) is 20.6. The van der Waals surface area contributed by atoms with Gasteiger partial charge in [0.15, 0.2) is 0 Å². The molecule has 1 aromatic carbocycles. The van der Waals surface area contributed by atoms with E-state index in [2.05, 4.69) is 4.90 Å². The summed E-state index contributed by atoms with van der Waals surface area (Å²) in [5.74, 6) is -0.0993. The Balaban J connectivity index is 1.71. The van der Waals surface area contributed by atoms with Crippen LogP contribution in [-0.4, -0.2) is 70.6 Å². The van der Waals surface area contributed by atoms with Gasteiger partial charge in [0.25, 0.3) is 0 Å². The molecule has 2 saturated heterocycles. The van der Waals surface area contributed by atoms with Gasteiger partial charge in [-0.3, -0.25) is 9.69 Å². The van der Waals surface area contributed by atoms with Gasteiger partial charge in [0.05, 0.1) is 6.04 Å². The third-order valence-corrected chi connectivity index (χ3v) is 6.05. The lowest BCUT2D eigenvalue weighted by Gasteiger charge is -2.45. The van der Waals surface area contributed by atoms with Gasteiger partial charge in [-0.15, -0.1) is 0 Å². The molecule has 6 nitrogen and oxygen atoms in total. The molecule has 0 radical (unpaired) electrons. The molecule has 2 atom stereocenters. The average molecular weight is 391 g/mol. The molecule has 0 aliphatic carbocycles. The average Bonchev–Trinajstić information content (AvgIpc) is 2.67. The van der Waals surface area contributed by atoms with Crippen molar-refractivity contribution in [2.24, 2.45) is 5.92 Å². The molecule has 3 rings (SSSR count). The van der Waals surface area contributed by atoms with E-state index in [0.29, 0.717) is 13.0 Å². The zero-order valence-corrected chi connectivity index (χ0v) is 16.9. The van der Waals surface area contributed by atoms with Crippen molar-refractivity contribution in [1.82, 2.24) is 14.7 Å². The normalized spacial score (nSPS) is 23.9. The van der Waals surface area contributed by atoms with Gasteiger partial charge in [0.2, 0.25) is 5.91 Å². The highest BCUT2D eigenvalue weighted by Gasteiger charge is 2.37. The molecule has 2 heterocycles. The molecule has 0 unspecified atom stereocenters. The molecular formula is C21H30FN3O3. The van der Waals surface area contributed by atoms with Crippen LogP contribution in [0.3, 0.4) is 0 Å². The number of nitrogens with zero attached hydrogens (tertiary/aromatic N) is 3. The van der Waals surface area contributed by atoms with E-state index in [4.69, 9.17) is 0 Å². The molecule has 154 valence electrons. The van der Waals surface area contributed by atoms with E-state index in [0.717, 1.165) is 43.7 Å². The summed E-state index contributed by atoms with van der Waals surface area (Å²) in [5.41, 5.74) is 1.66. The largest absolute Gasteiger partial charge is 0.465 e. The predicted molar refractivity (Wildman–Crippen MR) is 105 cm³/mol. The Morgan fingerprint density at radius 3 is 2.39 bits per heavy atom. The van der Waals surface area contributed by atoms with Gasteiger partial charge in [0, 0.05) is 44.7 Å². The van der Waals surface area contributed by atoms with Crippen LogP contribution >= 0.6 is 0 Å². The summed E-state index contributed by atoms with van der Waals surface area (Å²) in [5, 5.41) is 9.65. The second-order valence-electron chi connectivity index (χ2n) is 8.19. The van der Waals surface area contributed by atoms with Gasteiger partial charge >= 0.3 is 6.09 Å². The number of halogens is 1. The molecule has 0 aromatic heterocycles. The van der Waals surface area contributed by atoms with Crippen molar-refractivity contribution in [2.75, 3.05) is 32.7 Å².